The fourth-order valence-electron chi connectivity index (χ4n) is 5.23. The number of benzene rings is 2. The van der Waals surface area contributed by atoms with Gasteiger partial charge in [0.25, 0.3) is 0 Å². The zero-order valence-corrected chi connectivity index (χ0v) is 21.3. The molecule has 0 amide bonds. The summed E-state index contributed by atoms with van der Waals surface area (Å²) in [7, 11) is 1.51. The number of carbonyl (C=O) groups excluding carboxylic acids is 2. The lowest BCUT2D eigenvalue weighted by Crippen LogP contribution is -2.37. The number of fused-ring (bicyclic) bond motifs is 1. The summed E-state index contributed by atoms with van der Waals surface area (Å²) in [6.07, 6.45) is 2.06. The smallest absolute Gasteiger partial charge is 0.336 e. The number of nitrogens with one attached hydrogen (secondary N) is 1. The van der Waals surface area contributed by atoms with Crippen molar-refractivity contribution in [3.63, 3.8) is 0 Å². The van der Waals surface area contributed by atoms with Gasteiger partial charge in [-0.05, 0) is 43.0 Å². The Balaban J connectivity index is 1.64. The van der Waals surface area contributed by atoms with Gasteiger partial charge in [-0.15, -0.1) is 0 Å². The molecule has 0 saturated heterocycles. The molecule has 2 atom stereocenters. The minimum Gasteiger partial charge on any atom is -0.464 e. The number of carbonyl (C=O) groups is 2. The molecule has 0 saturated carbocycles. The summed E-state index contributed by atoms with van der Waals surface area (Å²) in [5, 5.41) is 4.25. The summed E-state index contributed by atoms with van der Waals surface area (Å²) in [4.78, 5) is 40.7. The van der Waals surface area contributed by atoms with Crippen LogP contribution in [0.25, 0.3) is 11.0 Å². The first kappa shape index (κ1) is 25.0. The predicted molar refractivity (Wildman–Crippen MR) is 139 cm³/mol. The van der Waals surface area contributed by atoms with E-state index in [1.54, 1.807) is 31.2 Å². The molecule has 1 aliphatic carbocycles. The number of para-hydroxylation sites is 1. The second-order valence-electron chi connectivity index (χ2n) is 9.18. The number of allylic oxidation sites excluding steroid dienone is 3. The molecule has 2 aromatic carbocycles. The van der Waals surface area contributed by atoms with Crippen molar-refractivity contribution in [1.82, 2.24) is 5.32 Å². The van der Waals surface area contributed by atoms with Gasteiger partial charge in [-0.25, -0.2) is 4.79 Å². The van der Waals surface area contributed by atoms with Crippen molar-refractivity contribution in [3.8, 4) is 0 Å². The lowest BCUT2D eigenvalue weighted by Gasteiger charge is -2.36. The van der Waals surface area contributed by atoms with Gasteiger partial charge in [0.1, 0.15) is 12.2 Å². The SMILES string of the molecule is COCCOC(=O)C1=C(C)NC2=C(C(=O)C[C@H](c3ccccc3Cl)C2)[C@@H]1c1coc2ccccc2c1=O. The minimum atomic E-state index is -0.924. The normalized spacial score (nSPS) is 19.6. The van der Waals surface area contributed by atoms with Gasteiger partial charge in [-0.1, -0.05) is 41.9 Å². The molecule has 37 heavy (non-hydrogen) atoms. The summed E-state index contributed by atoms with van der Waals surface area (Å²) in [6.45, 7) is 2.01. The third-order valence-corrected chi connectivity index (χ3v) is 7.28. The van der Waals surface area contributed by atoms with Gasteiger partial charge in [0.05, 0.1) is 29.7 Å². The number of hydrogen-bond donors (Lipinski definition) is 1. The Morgan fingerprint density at radius 2 is 1.81 bits per heavy atom. The molecule has 0 unspecified atom stereocenters. The Morgan fingerprint density at radius 3 is 2.59 bits per heavy atom. The monoisotopic (exact) mass is 519 g/mol. The Morgan fingerprint density at radius 1 is 1.05 bits per heavy atom. The summed E-state index contributed by atoms with van der Waals surface area (Å²) < 4.78 is 16.2. The highest BCUT2D eigenvalue weighted by atomic mass is 35.5. The number of ether oxygens (including phenoxy) is 2. The van der Waals surface area contributed by atoms with Crippen LogP contribution in [0.1, 0.15) is 42.7 Å². The van der Waals surface area contributed by atoms with Gasteiger partial charge < -0.3 is 19.2 Å². The molecule has 0 spiro atoms. The average molecular weight is 520 g/mol. The molecule has 1 aliphatic heterocycles. The van der Waals surface area contributed by atoms with Gasteiger partial charge in [-0.2, -0.15) is 0 Å². The van der Waals surface area contributed by atoms with Crippen molar-refractivity contribution in [2.24, 2.45) is 0 Å². The molecule has 1 N–H and O–H groups in total. The number of halogens is 1. The van der Waals surface area contributed by atoms with E-state index in [9.17, 15) is 14.4 Å². The maximum absolute atomic E-state index is 13.7. The summed E-state index contributed by atoms with van der Waals surface area (Å²) in [5.74, 6) is -1.84. The van der Waals surface area contributed by atoms with Crippen LogP contribution in [0.4, 0.5) is 0 Å². The maximum atomic E-state index is 13.7. The lowest BCUT2D eigenvalue weighted by molar-refractivity contribution is -0.140. The molecule has 1 aromatic heterocycles. The van der Waals surface area contributed by atoms with Crippen LogP contribution < -0.4 is 10.7 Å². The van der Waals surface area contributed by atoms with Gasteiger partial charge in [0.15, 0.2) is 11.2 Å². The van der Waals surface area contributed by atoms with Gasteiger partial charge in [0, 0.05) is 41.1 Å². The quantitative estimate of drug-likeness (QED) is 0.362. The zero-order chi connectivity index (χ0) is 26.1. The number of ketones is 1. The molecule has 5 rings (SSSR count). The van der Waals surface area contributed by atoms with Gasteiger partial charge >= 0.3 is 5.97 Å². The maximum Gasteiger partial charge on any atom is 0.336 e. The van der Waals surface area contributed by atoms with Crippen molar-refractivity contribution in [2.75, 3.05) is 20.3 Å². The second kappa shape index (κ2) is 10.4. The van der Waals surface area contributed by atoms with E-state index in [0.29, 0.717) is 39.4 Å². The van der Waals surface area contributed by atoms with E-state index in [1.165, 1.54) is 13.4 Å². The topological polar surface area (TPSA) is 94.8 Å². The fourth-order valence-corrected chi connectivity index (χ4v) is 5.52. The molecule has 0 fully saturated rings. The fraction of sp³-hybridized carbons (Fsp3) is 0.276. The highest BCUT2D eigenvalue weighted by Crippen LogP contribution is 2.46. The summed E-state index contributed by atoms with van der Waals surface area (Å²) in [5.41, 5.74) is 3.03. The largest absolute Gasteiger partial charge is 0.464 e. The molecule has 0 bridgehead atoms. The van der Waals surface area contributed by atoms with Gasteiger partial charge in [0.2, 0.25) is 0 Å². The standard InChI is InChI=1S/C29H26ClNO6/c1-16-25(29(34)36-12-11-35-2)26(20-15-37-24-10-6-4-8-19(24)28(20)33)27-22(31-16)13-17(14-23(27)32)18-7-3-5-9-21(18)30/h3-10,15,17,26,31H,11-14H2,1-2H3/t17-,26-/m1/s1. The molecular formula is C29H26ClNO6. The summed E-state index contributed by atoms with van der Waals surface area (Å²) >= 11 is 6.45. The molecule has 7 nitrogen and oxygen atoms in total. The van der Waals surface area contributed by atoms with Crippen molar-refractivity contribution >= 4 is 34.3 Å². The molecule has 190 valence electrons. The van der Waals surface area contributed by atoms with Crippen LogP contribution in [-0.4, -0.2) is 32.1 Å². The highest BCUT2D eigenvalue weighted by Gasteiger charge is 2.43. The number of dihydropyridines is 1. The van der Waals surface area contributed by atoms with E-state index in [-0.39, 0.29) is 47.9 Å². The predicted octanol–water partition coefficient (Wildman–Crippen LogP) is 5.00. The second-order valence-corrected chi connectivity index (χ2v) is 9.59. The third kappa shape index (κ3) is 4.61. The zero-order valence-electron chi connectivity index (χ0n) is 20.5. The van der Waals surface area contributed by atoms with Crippen LogP contribution in [0.5, 0.6) is 0 Å². The molecule has 2 heterocycles. The van der Waals surface area contributed by atoms with E-state index in [0.717, 1.165) is 5.56 Å². The van der Waals surface area contributed by atoms with E-state index in [4.69, 9.17) is 25.5 Å². The Kier molecular flexibility index (Phi) is 7.00. The molecule has 2 aliphatic rings. The van der Waals surface area contributed by atoms with Crippen LogP contribution in [0.2, 0.25) is 5.02 Å². The molecular weight excluding hydrogens is 494 g/mol. The Bertz CT molecular complexity index is 1520. The van der Waals surface area contributed by atoms with Crippen LogP contribution >= 0.6 is 11.6 Å². The lowest BCUT2D eigenvalue weighted by atomic mass is 9.72. The Hall–Kier alpha value is -3.68. The highest BCUT2D eigenvalue weighted by molar-refractivity contribution is 6.31. The van der Waals surface area contributed by atoms with Crippen molar-refractivity contribution in [1.29, 1.82) is 0 Å². The number of Topliss-reactive ketones (excluding diaryl/α,β-unsaturated/α-hetero) is 1. The van der Waals surface area contributed by atoms with E-state index < -0.39 is 11.9 Å². The van der Waals surface area contributed by atoms with Crippen LogP contribution in [0.15, 0.2) is 86.5 Å². The summed E-state index contributed by atoms with van der Waals surface area (Å²) in [6, 6.07) is 14.4. The Labute approximate surface area is 218 Å². The van der Waals surface area contributed by atoms with Crippen molar-refractivity contribution in [2.45, 2.75) is 31.6 Å². The first-order valence-corrected chi connectivity index (χ1v) is 12.4. The molecule has 3 aromatic rings. The number of rotatable bonds is 6. The van der Waals surface area contributed by atoms with Crippen molar-refractivity contribution in [3.05, 3.63) is 104 Å². The van der Waals surface area contributed by atoms with E-state index in [2.05, 4.69) is 5.32 Å². The molecule has 0 radical (unpaired) electrons. The molecule has 8 heteroatoms. The third-order valence-electron chi connectivity index (χ3n) is 6.93. The van der Waals surface area contributed by atoms with Crippen LogP contribution in [0.3, 0.4) is 0 Å². The minimum absolute atomic E-state index is 0.0413. The van der Waals surface area contributed by atoms with E-state index >= 15 is 0 Å². The first-order chi connectivity index (χ1) is 17.9. The van der Waals surface area contributed by atoms with E-state index in [1.807, 2.05) is 24.3 Å². The average Bonchev–Trinajstić information content (AvgIpc) is 2.88. The van der Waals surface area contributed by atoms with Crippen molar-refractivity contribution < 1.29 is 23.5 Å². The first-order valence-electron chi connectivity index (χ1n) is 12.1. The van der Waals surface area contributed by atoms with Crippen LogP contribution in [-0.2, 0) is 19.1 Å². The number of methoxy groups -OCH3 is 1. The van der Waals surface area contributed by atoms with Gasteiger partial charge in [-0.3, -0.25) is 9.59 Å². The number of esters is 1. The van der Waals surface area contributed by atoms with Crippen LogP contribution in [0, 0.1) is 0 Å². The number of hydrogen-bond acceptors (Lipinski definition) is 7.